The smallest absolute Gasteiger partial charge is 0.150 e. The van der Waals surface area contributed by atoms with Crippen LogP contribution in [0.3, 0.4) is 0 Å². The zero-order valence-electron chi connectivity index (χ0n) is 14.0. The summed E-state index contributed by atoms with van der Waals surface area (Å²) in [5, 5.41) is 5.87. The molecule has 1 unspecified atom stereocenters. The molecule has 2 fully saturated rings. The second-order valence-corrected chi connectivity index (χ2v) is 7.80. The average Bonchev–Trinajstić information content (AvgIpc) is 2.92. The van der Waals surface area contributed by atoms with Crippen molar-refractivity contribution in [3.63, 3.8) is 0 Å². The lowest BCUT2D eigenvalue weighted by molar-refractivity contribution is -0.0368. The summed E-state index contributed by atoms with van der Waals surface area (Å²) in [6.07, 6.45) is 3.42. The number of piperazine rings is 1. The molecule has 0 aliphatic carbocycles. The third-order valence-corrected chi connectivity index (χ3v) is 5.88. The number of nitrogens with zero attached hydrogens (tertiary/aromatic N) is 4. The summed E-state index contributed by atoms with van der Waals surface area (Å²) in [6, 6.07) is 4.29. The lowest BCUT2D eigenvalue weighted by atomic mass is 10.1. The number of aromatic nitrogens is 2. The van der Waals surface area contributed by atoms with Crippen LogP contribution < -0.4 is 10.6 Å². The van der Waals surface area contributed by atoms with Gasteiger partial charge in [-0.25, -0.2) is 4.68 Å². The fraction of sp³-hybridized carbons (Fsp3) is 0.588. The number of hydrogen-bond donors (Lipinski definition) is 1. The molecule has 2 aliphatic heterocycles. The molecule has 1 aromatic carbocycles. The van der Waals surface area contributed by atoms with E-state index in [0.717, 1.165) is 71.6 Å². The van der Waals surface area contributed by atoms with Gasteiger partial charge in [0, 0.05) is 38.2 Å². The number of rotatable bonds is 2. The highest BCUT2D eigenvalue weighted by molar-refractivity contribution is 14.1. The van der Waals surface area contributed by atoms with E-state index in [0.29, 0.717) is 0 Å². The van der Waals surface area contributed by atoms with E-state index in [1.54, 1.807) is 0 Å². The standard InChI is InChI=1S/C17H24IN5O/c1-21-5-7-22(8-6-21)15-11-14-12(10-13(15)19)17(18)20-23(14)16-4-2-3-9-24-16/h10-11,16H,2-9,19H2,1H3. The maximum absolute atomic E-state index is 6.38. The molecule has 2 saturated heterocycles. The van der Waals surface area contributed by atoms with Gasteiger partial charge in [0.15, 0.2) is 6.23 Å². The molecular weight excluding hydrogens is 417 g/mol. The highest BCUT2D eigenvalue weighted by Gasteiger charge is 2.23. The number of benzene rings is 1. The van der Waals surface area contributed by atoms with E-state index in [-0.39, 0.29) is 6.23 Å². The Kier molecular flexibility index (Phi) is 4.57. The van der Waals surface area contributed by atoms with E-state index in [1.807, 2.05) is 0 Å². The van der Waals surface area contributed by atoms with Crippen LogP contribution in [0.2, 0.25) is 0 Å². The average molecular weight is 441 g/mol. The van der Waals surface area contributed by atoms with Crippen LogP contribution in [0, 0.1) is 3.70 Å². The Hall–Kier alpha value is -1.06. The highest BCUT2D eigenvalue weighted by atomic mass is 127. The van der Waals surface area contributed by atoms with Crippen LogP contribution in [0.15, 0.2) is 12.1 Å². The van der Waals surface area contributed by atoms with E-state index in [1.165, 1.54) is 6.42 Å². The van der Waals surface area contributed by atoms with Crippen LogP contribution in [-0.4, -0.2) is 54.5 Å². The Morgan fingerprint density at radius 2 is 2.00 bits per heavy atom. The molecule has 130 valence electrons. The topological polar surface area (TPSA) is 59.5 Å². The van der Waals surface area contributed by atoms with Gasteiger partial charge in [0.2, 0.25) is 0 Å². The molecule has 2 N–H and O–H groups in total. The van der Waals surface area contributed by atoms with E-state index in [4.69, 9.17) is 15.6 Å². The molecule has 3 heterocycles. The normalized spacial score (nSPS) is 23.1. The first-order valence-corrected chi connectivity index (χ1v) is 9.73. The molecule has 0 bridgehead atoms. The fourth-order valence-electron chi connectivity index (χ4n) is 3.61. The number of fused-ring (bicyclic) bond motifs is 1. The number of nitrogens with two attached hydrogens (primary N) is 1. The lowest BCUT2D eigenvalue weighted by Crippen LogP contribution is -2.44. The second kappa shape index (κ2) is 6.68. The van der Waals surface area contributed by atoms with Crippen molar-refractivity contribution in [2.75, 3.05) is 50.5 Å². The van der Waals surface area contributed by atoms with Crippen molar-refractivity contribution >= 4 is 44.9 Å². The molecule has 0 saturated carbocycles. The molecule has 0 radical (unpaired) electrons. The van der Waals surface area contributed by atoms with Gasteiger partial charge in [-0.3, -0.25) is 0 Å². The van der Waals surface area contributed by atoms with Crippen LogP contribution in [-0.2, 0) is 4.74 Å². The largest absolute Gasteiger partial charge is 0.397 e. The molecule has 4 rings (SSSR count). The molecule has 0 amide bonds. The zero-order chi connectivity index (χ0) is 16.7. The minimum atomic E-state index is 0.0497. The van der Waals surface area contributed by atoms with Gasteiger partial charge in [-0.2, -0.15) is 5.10 Å². The van der Waals surface area contributed by atoms with Gasteiger partial charge >= 0.3 is 0 Å². The molecule has 1 atom stereocenters. The first kappa shape index (κ1) is 16.4. The number of halogens is 1. The maximum atomic E-state index is 6.38. The quantitative estimate of drug-likeness (QED) is 0.574. The predicted molar refractivity (Wildman–Crippen MR) is 105 cm³/mol. The summed E-state index contributed by atoms with van der Waals surface area (Å²) in [5.41, 5.74) is 9.49. The number of likely N-dealkylation sites (N-methyl/N-ethyl adjacent to an activating group) is 1. The zero-order valence-corrected chi connectivity index (χ0v) is 16.2. The lowest BCUT2D eigenvalue weighted by Gasteiger charge is -2.34. The van der Waals surface area contributed by atoms with E-state index >= 15 is 0 Å². The first-order chi connectivity index (χ1) is 11.6. The Balaban J connectivity index is 1.74. The number of ether oxygens (including phenoxy) is 1. The van der Waals surface area contributed by atoms with Gasteiger partial charge in [-0.1, -0.05) is 0 Å². The van der Waals surface area contributed by atoms with Crippen LogP contribution in [0.25, 0.3) is 10.9 Å². The van der Waals surface area contributed by atoms with Gasteiger partial charge in [0.05, 0.1) is 16.9 Å². The van der Waals surface area contributed by atoms with Crippen LogP contribution in [0.1, 0.15) is 25.5 Å². The van der Waals surface area contributed by atoms with Crippen LogP contribution in [0.4, 0.5) is 11.4 Å². The van der Waals surface area contributed by atoms with Crippen molar-refractivity contribution < 1.29 is 4.74 Å². The summed E-state index contributed by atoms with van der Waals surface area (Å²) >= 11 is 2.30. The Labute approximate surface area is 156 Å². The summed E-state index contributed by atoms with van der Waals surface area (Å²) in [6.45, 7) is 4.98. The van der Waals surface area contributed by atoms with Crippen molar-refractivity contribution in [2.24, 2.45) is 0 Å². The summed E-state index contributed by atoms with van der Waals surface area (Å²) in [4.78, 5) is 4.75. The fourth-order valence-corrected chi connectivity index (χ4v) is 4.27. The van der Waals surface area contributed by atoms with Crippen molar-refractivity contribution in [1.29, 1.82) is 0 Å². The summed E-state index contributed by atoms with van der Waals surface area (Å²) in [7, 11) is 2.17. The Bertz CT molecular complexity index is 732. The highest BCUT2D eigenvalue weighted by Crippen LogP contribution is 2.35. The molecular formula is C17H24IN5O. The van der Waals surface area contributed by atoms with E-state index in [9.17, 15) is 0 Å². The Morgan fingerprint density at radius 3 is 2.71 bits per heavy atom. The Morgan fingerprint density at radius 1 is 1.21 bits per heavy atom. The maximum Gasteiger partial charge on any atom is 0.150 e. The van der Waals surface area contributed by atoms with Crippen molar-refractivity contribution in [3.05, 3.63) is 15.8 Å². The van der Waals surface area contributed by atoms with Gasteiger partial charge in [-0.05, 0) is 61.0 Å². The van der Waals surface area contributed by atoms with Gasteiger partial charge in [0.1, 0.15) is 3.70 Å². The van der Waals surface area contributed by atoms with Gasteiger partial charge < -0.3 is 20.3 Å². The molecule has 7 heteroatoms. The van der Waals surface area contributed by atoms with E-state index in [2.05, 4.69) is 56.3 Å². The molecule has 24 heavy (non-hydrogen) atoms. The number of nitrogen functional groups attached to an aromatic ring is 1. The van der Waals surface area contributed by atoms with Crippen molar-refractivity contribution in [1.82, 2.24) is 14.7 Å². The number of hydrogen-bond acceptors (Lipinski definition) is 5. The van der Waals surface area contributed by atoms with Crippen LogP contribution in [0.5, 0.6) is 0 Å². The summed E-state index contributed by atoms with van der Waals surface area (Å²) < 4.78 is 9.02. The molecule has 6 nitrogen and oxygen atoms in total. The van der Waals surface area contributed by atoms with Gasteiger partial charge in [0.25, 0.3) is 0 Å². The second-order valence-electron chi connectivity index (χ2n) is 6.78. The van der Waals surface area contributed by atoms with Gasteiger partial charge in [-0.15, -0.1) is 0 Å². The molecule has 2 aromatic rings. The SMILES string of the molecule is CN1CCN(c2cc3c(cc2N)c(I)nn3C2CCCCO2)CC1. The first-order valence-electron chi connectivity index (χ1n) is 8.66. The molecule has 1 aromatic heterocycles. The molecule has 0 spiro atoms. The molecule has 2 aliphatic rings. The summed E-state index contributed by atoms with van der Waals surface area (Å²) in [5.74, 6) is 0. The van der Waals surface area contributed by atoms with Crippen molar-refractivity contribution in [2.45, 2.75) is 25.5 Å². The number of anilines is 2. The third-order valence-electron chi connectivity index (χ3n) is 5.08. The third kappa shape index (κ3) is 2.97. The van der Waals surface area contributed by atoms with Crippen molar-refractivity contribution in [3.8, 4) is 0 Å². The minimum Gasteiger partial charge on any atom is -0.397 e. The predicted octanol–water partition coefficient (Wildman–Crippen LogP) is 2.67. The monoisotopic (exact) mass is 441 g/mol. The minimum absolute atomic E-state index is 0.0497. The van der Waals surface area contributed by atoms with Crippen LogP contribution >= 0.6 is 22.6 Å². The van der Waals surface area contributed by atoms with E-state index < -0.39 is 0 Å².